The zero-order valence-corrected chi connectivity index (χ0v) is 14.6. The normalized spacial score (nSPS) is 22.9. The highest BCUT2D eigenvalue weighted by Gasteiger charge is 2.34. The monoisotopic (exact) mass is 309 g/mol. The van der Waals surface area contributed by atoms with E-state index < -0.39 is 0 Å². The van der Waals surface area contributed by atoms with Crippen molar-refractivity contribution in [3.63, 3.8) is 0 Å². The first-order valence-electron chi connectivity index (χ1n) is 8.58. The van der Waals surface area contributed by atoms with Crippen molar-refractivity contribution in [2.45, 2.75) is 32.1 Å². The summed E-state index contributed by atoms with van der Waals surface area (Å²) in [5, 5.41) is 3.30. The smallest absolute Gasteiger partial charge is 0.118 e. The van der Waals surface area contributed by atoms with Gasteiger partial charge in [-0.05, 0) is 72.2 Å². The third-order valence-corrected chi connectivity index (χ3v) is 5.53. The van der Waals surface area contributed by atoms with Gasteiger partial charge in [-0.25, -0.2) is 0 Å². The van der Waals surface area contributed by atoms with Gasteiger partial charge in [0.05, 0.1) is 7.11 Å². The van der Waals surface area contributed by atoms with Gasteiger partial charge in [-0.2, -0.15) is 0 Å². The first kappa shape index (κ1) is 16.1. The van der Waals surface area contributed by atoms with Gasteiger partial charge < -0.3 is 10.1 Å². The lowest BCUT2D eigenvalue weighted by Crippen LogP contribution is -2.15. The summed E-state index contributed by atoms with van der Waals surface area (Å²) < 4.78 is 5.26. The summed E-state index contributed by atoms with van der Waals surface area (Å²) in [5.74, 6) is 2.93. The lowest BCUT2D eigenvalue weighted by atomic mass is 9.87. The van der Waals surface area contributed by atoms with Gasteiger partial charge in [0.25, 0.3) is 0 Å². The highest BCUT2D eigenvalue weighted by atomic mass is 16.5. The maximum absolute atomic E-state index is 5.26. The number of fused-ring (bicyclic) bond motifs is 1. The summed E-state index contributed by atoms with van der Waals surface area (Å²) in [6.45, 7) is 5.86. The third kappa shape index (κ3) is 3.00. The van der Waals surface area contributed by atoms with Crippen LogP contribution in [0.3, 0.4) is 0 Å². The van der Waals surface area contributed by atoms with Crippen LogP contribution in [0.25, 0.3) is 11.1 Å². The SMILES string of the molecule is CNCCC1c2ccc(-c3ccc(OC)cc3)cc2C(C)[C@H]1C. The first-order valence-corrected chi connectivity index (χ1v) is 8.58. The minimum atomic E-state index is 0.630. The molecule has 0 bridgehead atoms. The number of benzene rings is 2. The molecule has 3 rings (SSSR count). The van der Waals surface area contributed by atoms with Crippen molar-refractivity contribution < 1.29 is 4.74 Å². The van der Waals surface area contributed by atoms with Gasteiger partial charge in [-0.1, -0.05) is 44.2 Å². The summed E-state index contributed by atoms with van der Waals surface area (Å²) >= 11 is 0. The Labute approximate surface area is 139 Å². The first-order chi connectivity index (χ1) is 11.2. The van der Waals surface area contributed by atoms with E-state index >= 15 is 0 Å². The summed E-state index contributed by atoms with van der Waals surface area (Å²) in [7, 11) is 3.75. The molecule has 0 aliphatic heterocycles. The molecule has 0 heterocycles. The standard InChI is InChI=1S/C21H27NO/c1-14-15(2)21-13-17(16-5-8-18(23-4)9-6-16)7-10-20(21)19(14)11-12-22-3/h5-10,13-15,19,22H,11-12H2,1-4H3/t14-,15?,19?/m1/s1. The van der Waals surface area contributed by atoms with Crippen LogP contribution in [0.1, 0.15) is 43.2 Å². The maximum atomic E-state index is 5.26. The van der Waals surface area contributed by atoms with E-state index in [-0.39, 0.29) is 0 Å². The predicted octanol–water partition coefficient (Wildman–Crippen LogP) is 4.81. The molecule has 0 saturated carbocycles. The van der Waals surface area contributed by atoms with Gasteiger partial charge in [0, 0.05) is 0 Å². The molecule has 2 aromatic carbocycles. The van der Waals surface area contributed by atoms with Crippen LogP contribution in [-0.2, 0) is 0 Å². The van der Waals surface area contributed by atoms with Crippen LogP contribution < -0.4 is 10.1 Å². The molecule has 0 saturated heterocycles. The van der Waals surface area contributed by atoms with Crippen LogP contribution in [-0.4, -0.2) is 20.7 Å². The number of ether oxygens (including phenoxy) is 1. The van der Waals surface area contributed by atoms with Crippen molar-refractivity contribution in [1.29, 1.82) is 0 Å². The number of nitrogens with one attached hydrogen (secondary N) is 1. The second-order valence-corrected chi connectivity index (χ2v) is 6.72. The van der Waals surface area contributed by atoms with Crippen molar-refractivity contribution >= 4 is 0 Å². The highest BCUT2D eigenvalue weighted by molar-refractivity contribution is 5.66. The molecule has 2 nitrogen and oxygen atoms in total. The Hall–Kier alpha value is -1.80. The summed E-state index contributed by atoms with van der Waals surface area (Å²) in [6, 6.07) is 15.4. The van der Waals surface area contributed by atoms with Crippen molar-refractivity contribution in [1.82, 2.24) is 5.32 Å². The molecular formula is C21H27NO. The Balaban J connectivity index is 1.92. The van der Waals surface area contributed by atoms with E-state index in [1.54, 1.807) is 12.7 Å². The molecule has 122 valence electrons. The molecule has 2 heteroatoms. The Morgan fingerprint density at radius 2 is 1.65 bits per heavy atom. The molecule has 0 amide bonds. The van der Waals surface area contributed by atoms with Crippen LogP contribution in [0.4, 0.5) is 0 Å². The molecule has 0 fully saturated rings. The zero-order chi connectivity index (χ0) is 16.4. The van der Waals surface area contributed by atoms with Crippen LogP contribution in [0.15, 0.2) is 42.5 Å². The van der Waals surface area contributed by atoms with Gasteiger partial charge >= 0.3 is 0 Å². The number of hydrogen-bond donors (Lipinski definition) is 1. The third-order valence-electron chi connectivity index (χ3n) is 5.53. The Morgan fingerprint density at radius 3 is 2.30 bits per heavy atom. The van der Waals surface area contributed by atoms with Gasteiger partial charge in [0.1, 0.15) is 5.75 Å². The number of hydrogen-bond acceptors (Lipinski definition) is 2. The van der Waals surface area contributed by atoms with E-state index in [1.165, 1.54) is 23.1 Å². The molecule has 3 atom stereocenters. The molecule has 0 radical (unpaired) electrons. The van der Waals surface area contributed by atoms with E-state index in [0.717, 1.165) is 12.3 Å². The van der Waals surface area contributed by atoms with Gasteiger partial charge in [-0.3, -0.25) is 0 Å². The van der Waals surface area contributed by atoms with E-state index in [2.05, 4.69) is 49.5 Å². The van der Waals surface area contributed by atoms with E-state index in [0.29, 0.717) is 17.8 Å². The molecular weight excluding hydrogens is 282 g/mol. The van der Waals surface area contributed by atoms with Crippen LogP contribution >= 0.6 is 0 Å². The van der Waals surface area contributed by atoms with Gasteiger partial charge in [-0.15, -0.1) is 0 Å². The fraction of sp³-hybridized carbons (Fsp3) is 0.429. The lowest BCUT2D eigenvalue weighted by Gasteiger charge is -2.18. The zero-order valence-electron chi connectivity index (χ0n) is 14.6. The average molecular weight is 309 g/mol. The quantitative estimate of drug-likeness (QED) is 0.856. The lowest BCUT2D eigenvalue weighted by molar-refractivity contribution is 0.415. The molecule has 1 aliphatic carbocycles. The Bertz CT molecular complexity index is 662. The van der Waals surface area contributed by atoms with Gasteiger partial charge in [0.2, 0.25) is 0 Å². The van der Waals surface area contributed by atoms with E-state index in [4.69, 9.17) is 4.74 Å². The molecule has 23 heavy (non-hydrogen) atoms. The largest absolute Gasteiger partial charge is 0.497 e. The predicted molar refractivity (Wildman–Crippen MR) is 97.3 cm³/mol. The molecule has 0 aromatic heterocycles. The molecule has 1 aliphatic rings. The van der Waals surface area contributed by atoms with Crippen molar-refractivity contribution in [3.05, 3.63) is 53.6 Å². The second kappa shape index (κ2) is 6.76. The highest BCUT2D eigenvalue weighted by Crippen LogP contribution is 2.48. The summed E-state index contributed by atoms with van der Waals surface area (Å²) in [4.78, 5) is 0. The van der Waals surface area contributed by atoms with E-state index in [1.807, 2.05) is 19.2 Å². The van der Waals surface area contributed by atoms with Gasteiger partial charge in [0.15, 0.2) is 0 Å². The van der Waals surface area contributed by atoms with Crippen molar-refractivity contribution in [2.75, 3.05) is 20.7 Å². The van der Waals surface area contributed by atoms with Crippen LogP contribution in [0, 0.1) is 5.92 Å². The fourth-order valence-corrected chi connectivity index (χ4v) is 3.90. The Morgan fingerprint density at radius 1 is 0.957 bits per heavy atom. The molecule has 0 spiro atoms. The van der Waals surface area contributed by atoms with Crippen molar-refractivity contribution in [2.24, 2.45) is 5.92 Å². The molecule has 1 N–H and O–H groups in total. The molecule has 2 unspecified atom stereocenters. The topological polar surface area (TPSA) is 21.3 Å². The number of rotatable bonds is 5. The van der Waals surface area contributed by atoms with Crippen LogP contribution in [0.5, 0.6) is 5.75 Å². The summed E-state index contributed by atoms with van der Waals surface area (Å²) in [5.41, 5.74) is 5.65. The Kier molecular flexibility index (Phi) is 4.72. The van der Waals surface area contributed by atoms with Crippen LogP contribution in [0.2, 0.25) is 0 Å². The average Bonchev–Trinajstić information content (AvgIpc) is 2.84. The second-order valence-electron chi connectivity index (χ2n) is 6.72. The van der Waals surface area contributed by atoms with E-state index in [9.17, 15) is 0 Å². The minimum Gasteiger partial charge on any atom is -0.497 e. The minimum absolute atomic E-state index is 0.630. The maximum Gasteiger partial charge on any atom is 0.118 e. The molecule has 2 aromatic rings. The summed E-state index contributed by atoms with van der Waals surface area (Å²) in [6.07, 6.45) is 1.22. The number of methoxy groups -OCH3 is 1. The fourth-order valence-electron chi connectivity index (χ4n) is 3.90. The van der Waals surface area contributed by atoms with Crippen molar-refractivity contribution in [3.8, 4) is 16.9 Å².